The van der Waals surface area contributed by atoms with Gasteiger partial charge in [-0.1, -0.05) is 6.92 Å². The Morgan fingerprint density at radius 1 is 1.20 bits per heavy atom. The Labute approximate surface area is 149 Å². The molecule has 2 amide bonds. The van der Waals surface area contributed by atoms with E-state index >= 15 is 0 Å². The van der Waals surface area contributed by atoms with E-state index in [0.717, 1.165) is 56.7 Å². The number of likely N-dealkylation sites (tertiary alicyclic amines) is 1. The lowest BCUT2D eigenvalue weighted by Gasteiger charge is -2.31. The van der Waals surface area contributed by atoms with E-state index in [1.165, 1.54) is 0 Å². The molecular formula is C19H30N4O2. The van der Waals surface area contributed by atoms with Crippen molar-refractivity contribution in [2.45, 2.75) is 53.0 Å². The van der Waals surface area contributed by atoms with Gasteiger partial charge in [0.15, 0.2) is 0 Å². The molecule has 1 saturated carbocycles. The Kier molecular flexibility index (Phi) is 5.45. The summed E-state index contributed by atoms with van der Waals surface area (Å²) in [7, 11) is 0. The molecule has 0 spiro atoms. The van der Waals surface area contributed by atoms with Crippen molar-refractivity contribution in [3.63, 3.8) is 0 Å². The van der Waals surface area contributed by atoms with Crippen LogP contribution in [0.5, 0.6) is 0 Å². The second kappa shape index (κ2) is 7.58. The van der Waals surface area contributed by atoms with Crippen LogP contribution < -0.4 is 5.32 Å². The summed E-state index contributed by atoms with van der Waals surface area (Å²) in [6.45, 7) is 9.13. The minimum atomic E-state index is 0.0455. The zero-order chi connectivity index (χ0) is 18.0. The summed E-state index contributed by atoms with van der Waals surface area (Å²) in [5.74, 6) is 1.10. The quantitative estimate of drug-likeness (QED) is 0.855. The fourth-order valence-corrected chi connectivity index (χ4v) is 3.59. The van der Waals surface area contributed by atoms with Gasteiger partial charge in [0.2, 0.25) is 11.8 Å². The third-order valence-corrected chi connectivity index (χ3v) is 5.32. The first-order valence-corrected chi connectivity index (χ1v) is 9.51. The maximum Gasteiger partial charge on any atom is 0.225 e. The largest absolute Gasteiger partial charge is 0.356 e. The zero-order valence-corrected chi connectivity index (χ0v) is 15.6. The molecule has 0 bridgehead atoms. The van der Waals surface area contributed by atoms with E-state index in [-0.39, 0.29) is 17.7 Å². The number of carbonyl (C=O) groups is 2. The molecule has 6 heteroatoms. The van der Waals surface area contributed by atoms with Crippen LogP contribution in [0, 0.1) is 31.6 Å². The van der Waals surface area contributed by atoms with Crippen molar-refractivity contribution in [3.05, 3.63) is 17.5 Å². The molecule has 138 valence electrons. The van der Waals surface area contributed by atoms with Gasteiger partial charge in [-0.25, -0.2) is 0 Å². The fraction of sp³-hybridized carbons (Fsp3) is 0.737. The van der Waals surface area contributed by atoms with Crippen LogP contribution in [0.2, 0.25) is 0 Å². The van der Waals surface area contributed by atoms with Crippen LogP contribution in [-0.4, -0.2) is 46.1 Å². The van der Waals surface area contributed by atoms with Crippen molar-refractivity contribution >= 4 is 11.8 Å². The molecular weight excluding hydrogens is 316 g/mol. The number of nitrogens with one attached hydrogen (secondary N) is 1. The maximum atomic E-state index is 12.4. The van der Waals surface area contributed by atoms with E-state index in [1.807, 2.05) is 16.5 Å². The van der Waals surface area contributed by atoms with Crippen molar-refractivity contribution < 1.29 is 9.59 Å². The highest BCUT2D eigenvalue weighted by Gasteiger charge is 2.35. The van der Waals surface area contributed by atoms with Crippen LogP contribution in [0.15, 0.2) is 6.07 Å². The average Bonchev–Trinajstić information content (AvgIpc) is 3.39. The topological polar surface area (TPSA) is 67.2 Å². The number of piperidine rings is 1. The first-order chi connectivity index (χ1) is 11.9. The van der Waals surface area contributed by atoms with E-state index in [1.54, 1.807) is 0 Å². The first-order valence-electron chi connectivity index (χ1n) is 9.51. The standard InChI is InChI=1S/C19H30N4O2/c1-13(12-23-15(3)10-14(2)21-23)11-20-18(24)16-6-8-22(9-7-16)19(25)17-4-5-17/h10,13,16-17H,4-9,11-12H2,1-3H3,(H,20,24)/t13-/m0/s1. The number of carbonyl (C=O) groups excluding carboxylic acids is 2. The van der Waals surface area contributed by atoms with Gasteiger partial charge in [-0.2, -0.15) is 5.10 Å². The lowest BCUT2D eigenvalue weighted by atomic mass is 9.95. The molecule has 1 atom stereocenters. The van der Waals surface area contributed by atoms with Gasteiger partial charge >= 0.3 is 0 Å². The summed E-state index contributed by atoms with van der Waals surface area (Å²) >= 11 is 0. The molecule has 1 aliphatic carbocycles. The Morgan fingerprint density at radius 2 is 1.88 bits per heavy atom. The molecule has 1 aromatic rings. The van der Waals surface area contributed by atoms with Gasteiger partial charge in [0.1, 0.15) is 0 Å². The maximum absolute atomic E-state index is 12.4. The van der Waals surface area contributed by atoms with Crippen molar-refractivity contribution in [3.8, 4) is 0 Å². The van der Waals surface area contributed by atoms with Crippen LogP contribution >= 0.6 is 0 Å². The molecule has 1 N–H and O–H groups in total. The highest BCUT2D eigenvalue weighted by molar-refractivity contribution is 5.82. The number of hydrogen-bond donors (Lipinski definition) is 1. The Hall–Kier alpha value is -1.85. The summed E-state index contributed by atoms with van der Waals surface area (Å²) in [5, 5.41) is 7.57. The molecule has 1 saturated heterocycles. The minimum Gasteiger partial charge on any atom is -0.356 e. The number of rotatable bonds is 6. The normalized spacial score (nSPS) is 19.7. The lowest BCUT2D eigenvalue weighted by molar-refractivity contribution is -0.136. The fourth-order valence-electron chi connectivity index (χ4n) is 3.59. The number of aromatic nitrogens is 2. The van der Waals surface area contributed by atoms with Gasteiger partial charge < -0.3 is 10.2 Å². The smallest absolute Gasteiger partial charge is 0.225 e. The summed E-state index contributed by atoms with van der Waals surface area (Å²) in [5.41, 5.74) is 2.18. The van der Waals surface area contributed by atoms with Crippen LogP contribution in [-0.2, 0) is 16.1 Å². The second-order valence-corrected chi connectivity index (χ2v) is 7.83. The highest BCUT2D eigenvalue weighted by Crippen LogP contribution is 2.32. The number of aryl methyl sites for hydroxylation is 2. The summed E-state index contributed by atoms with van der Waals surface area (Å²) in [6.07, 6.45) is 3.67. The van der Waals surface area contributed by atoms with Crippen molar-refractivity contribution in [1.29, 1.82) is 0 Å². The molecule has 2 aliphatic rings. The van der Waals surface area contributed by atoms with Gasteiger partial charge in [0.05, 0.1) is 5.69 Å². The molecule has 1 aliphatic heterocycles. The molecule has 3 rings (SSSR count). The Bertz CT molecular complexity index is 627. The average molecular weight is 346 g/mol. The van der Waals surface area contributed by atoms with E-state index < -0.39 is 0 Å². The molecule has 2 heterocycles. The molecule has 1 aromatic heterocycles. The summed E-state index contributed by atoms with van der Waals surface area (Å²) < 4.78 is 2.01. The molecule has 6 nitrogen and oxygen atoms in total. The van der Waals surface area contributed by atoms with Crippen LogP contribution in [0.3, 0.4) is 0 Å². The van der Waals surface area contributed by atoms with Crippen LogP contribution in [0.25, 0.3) is 0 Å². The first kappa shape index (κ1) is 18.0. The Balaban J connectivity index is 1.39. The van der Waals surface area contributed by atoms with Crippen molar-refractivity contribution in [1.82, 2.24) is 20.0 Å². The van der Waals surface area contributed by atoms with E-state index in [9.17, 15) is 9.59 Å². The second-order valence-electron chi connectivity index (χ2n) is 7.83. The predicted molar refractivity (Wildman–Crippen MR) is 95.9 cm³/mol. The van der Waals surface area contributed by atoms with E-state index in [0.29, 0.717) is 18.4 Å². The summed E-state index contributed by atoms with van der Waals surface area (Å²) in [4.78, 5) is 26.4. The van der Waals surface area contributed by atoms with Gasteiger partial charge in [-0.05, 0) is 51.5 Å². The molecule has 0 unspecified atom stereocenters. The van der Waals surface area contributed by atoms with Gasteiger partial charge in [0, 0.05) is 43.7 Å². The molecule has 2 fully saturated rings. The number of hydrogen-bond acceptors (Lipinski definition) is 3. The monoisotopic (exact) mass is 346 g/mol. The van der Waals surface area contributed by atoms with E-state index in [4.69, 9.17) is 0 Å². The molecule has 0 radical (unpaired) electrons. The highest BCUT2D eigenvalue weighted by atomic mass is 16.2. The van der Waals surface area contributed by atoms with Crippen molar-refractivity contribution in [2.75, 3.05) is 19.6 Å². The van der Waals surface area contributed by atoms with Gasteiger partial charge in [-0.15, -0.1) is 0 Å². The van der Waals surface area contributed by atoms with Gasteiger partial charge in [0.25, 0.3) is 0 Å². The molecule has 0 aromatic carbocycles. The van der Waals surface area contributed by atoms with E-state index in [2.05, 4.69) is 30.3 Å². The zero-order valence-electron chi connectivity index (χ0n) is 15.6. The molecule has 25 heavy (non-hydrogen) atoms. The Morgan fingerprint density at radius 3 is 2.44 bits per heavy atom. The number of nitrogens with zero attached hydrogens (tertiary/aromatic N) is 3. The van der Waals surface area contributed by atoms with Gasteiger partial charge in [-0.3, -0.25) is 14.3 Å². The summed E-state index contributed by atoms with van der Waals surface area (Å²) in [6, 6.07) is 2.07. The van der Waals surface area contributed by atoms with Crippen LogP contribution in [0.1, 0.15) is 44.0 Å². The minimum absolute atomic E-state index is 0.0455. The lowest BCUT2D eigenvalue weighted by Crippen LogP contribution is -2.44. The SMILES string of the molecule is Cc1cc(C)n(C[C@@H](C)CNC(=O)C2CCN(C(=O)C3CC3)CC2)n1. The van der Waals surface area contributed by atoms with Crippen LogP contribution in [0.4, 0.5) is 0 Å². The number of amides is 2. The third-order valence-electron chi connectivity index (χ3n) is 5.32. The van der Waals surface area contributed by atoms with Crippen molar-refractivity contribution in [2.24, 2.45) is 17.8 Å². The third kappa shape index (κ3) is 4.61. The predicted octanol–water partition coefficient (Wildman–Crippen LogP) is 1.90.